The van der Waals surface area contributed by atoms with Gasteiger partial charge in [-0.2, -0.15) is 0 Å². The number of halogens is 1. The molecule has 1 heterocycles. The van der Waals surface area contributed by atoms with E-state index >= 15 is 0 Å². The van der Waals surface area contributed by atoms with Gasteiger partial charge in [0.05, 0.1) is 16.5 Å². The molecule has 9 heteroatoms. The zero-order chi connectivity index (χ0) is 18.6. The van der Waals surface area contributed by atoms with Gasteiger partial charge in [0, 0.05) is 5.02 Å². The van der Waals surface area contributed by atoms with Gasteiger partial charge >= 0.3 is 5.97 Å². The predicted octanol–water partition coefficient (Wildman–Crippen LogP) is 3.30. The van der Waals surface area contributed by atoms with Crippen LogP contribution >= 0.6 is 22.9 Å². The average molecular weight is 402 g/mol. The second kappa shape index (κ2) is 7.99. The standard InChI is InChI=1S/C16H16ClNO5S2/c1-3-23-16(20)15-10(2)8-14(24-15)18-13(19)9-25(21,22)12-6-4-11(17)5-7-12/h4-8H,3,9H2,1-2H3,(H,18,19). The van der Waals surface area contributed by atoms with Gasteiger partial charge in [-0.3, -0.25) is 4.79 Å². The Labute approximate surface area is 154 Å². The Morgan fingerprint density at radius 2 is 1.88 bits per heavy atom. The minimum absolute atomic E-state index is 0.0154. The fourth-order valence-corrected chi connectivity index (χ4v) is 4.26. The maximum atomic E-state index is 12.2. The third-order valence-corrected chi connectivity index (χ3v) is 6.15. The summed E-state index contributed by atoms with van der Waals surface area (Å²) in [6.45, 7) is 3.66. The Balaban J connectivity index is 2.08. The van der Waals surface area contributed by atoms with Crippen molar-refractivity contribution in [2.45, 2.75) is 18.7 Å². The summed E-state index contributed by atoms with van der Waals surface area (Å²) in [5.41, 5.74) is 0.652. The molecule has 1 aromatic heterocycles. The molecule has 1 N–H and O–H groups in total. The molecule has 0 aliphatic rings. The highest BCUT2D eigenvalue weighted by atomic mass is 35.5. The molecule has 0 atom stereocenters. The number of aryl methyl sites for hydroxylation is 1. The van der Waals surface area contributed by atoms with Crippen LogP contribution in [-0.4, -0.2) is 32.7 Å². The lowest BCUT2D eigenvalue weighted by atomic mass is 10.3. The summed E-state index contributed by atoms with van der Waals surface area (Å²) in [7, 11) is -3.78. The minimum Gasteiger partial charge on any atom is -0.462 e. The molecule has 2 aromatic rings. The van der Waals surface area contributed by atoms with Crippen molar-refractivity contribution in [3.8, 4) is 0 Å². The van der Waals surface area contributed by atoms with Gasteiger partial charge in [-0.15, -0.1) is 11.3 Å². The van der Waals surface area contributed by atoms with E-state index in [9.17, 15) is 18.0 Å². The van der Waals surface area contributed by atoms with Crippen LogP contribution in [0, 0.1) is 6.92 Å². The molecule has 1 amide bonds. The van der Waals surface area contributed by atoms with Gasteiger partial charge in [0.25, 0.3) is 0 Å². The first kappa shape index (κ1) is 19.4. The summed E-state index contributed by atoms with van der Waals surface area (Å²) in [5.74, 6) is -1.87. The fraction of sp³-hybridized carbons (Fsp3) is 0.250. The molecule has 2 rings (SSSR count). The molecule has 6 nitrogen and oxygen atoms in total. The molecule has 0 saturated heterocycles. The van der Waals surface area contributed by atoms with Crippen molar-refractivity contribution in [3.63, 3.8) is 0 Å². The minimum atomic E-state index is -3.78. The first-order valence-electron chi connectivity index (χ1n) is 7.28. The summed E-state index contributed by atoms with van der Waals surface area (Å²) in [6.07, 6.45) is 0. The number of amides is 1. The molecular weight excluding hydrogens is 386 g/mol. The van der Waals surface area contributed by atoms with E-state index in [1.807, 2.05) is 0 Å². The van der Waals surface area contributed by atoms with Crippen molar-refractivity contribution >= 4 is 49.7 Å². The summed E-state index contributed by atoms with van der Waals surface area (Å²) >= 11 is 6.77. The Kier molecular flexibility index (Phi) is 6.21. The van der Waals surface area contributed by atoms with Gasteiger partial charge < -0.3 is 10.1 Å². The van der Waals surface area contributed by atoms with Crippen molar-refractivity contribution in [3.05, 3.63) is 45.8 Å². The number of sulfone groups is 1. The summed E-state index contributed by atoms with van der Waals surface area (Å²) in [5, 5.41) is 3.30. The second-order valence-electron chi connectivity index (χ2n) is 5.10. The van der Waals surface area contributed by atoms with E-state index in [1.165, 1.54) is 24.3 Å². The van der Waals surface area contributed by atoms with E-state index in [0.29, 0.717) is 20.5 Å². The lowest BCUT2D eigenvalue weighted by Gasteiger charge is -2.05. The van der Waals surface area contributed by atoms with Gasteiger partial charge in [-0.05, 0) is 49.7 Å². The van der Waals surface area contributed by atoms with Crippen molar-refractivity contribution in [1.82, 2.24) is 0 Å². The first-order chi connectivity index (χ1) is 11.7. The van der Waals surface area contributed by atoms with Crippen molar-refractivity contribution in [1.29, 1.82) is 0 Å². The number of hydrogen-bond donors (Lipinski definition) is 1. The summed E-state index contributed by atoms with van der Waals surface area (Å²) in [6, 6.07) is 7.18. The number of thiophene rings is 1. The molecule has 0 spiro atoms. The van der Waals surface area contributed by atoms with Crippen LogP contribution in [0.1, 0.15) is 22.2 Å². The number of nitrogens with one attached hydrogen (secondary N) is 1. The predicted molar refractivity (Wildman–Crippen MR) is 97.1 cm³/mol. The van der Waals surface area contributed by atoms with Crippen LogP contribution in [0.15, 0.2) is 35.2 Å². The smallest absolute Gasteiger partial charge is 0.348 e. The highest BCUT2D eigenvalue weighted by Gasteiger charge is 2.21. The second-order valence-corrected chi connectivity index (χ2v) is 8.58. The van der Waals surface area contributed by atoms with E-state index in [-0.39, 0.29) is 11.5 Å². The molecule has 0 radical (unpaired) electrons. The maximum Gasteiger partial charge on any atom is 0.348 e. The van der Waals surface area contributed by atoms with E-state index in [0.717, 1.165) is 11.3 Å². The van der Waals surface area contributed by atoms with Gasteiger partial charge in [0.15, 0.2) is 9.84 Å². The summed E-state index contributed by atoms with van der Waals surface area (Å²) < 4.78 is 29.4. The maximum absolute atomic E-state index is 12.2. The monoisotopic (exact) mass is 401 g/mol. The quantitative estimate of drug-likeness (QED) is 0.750. The van der Waals surface area contributed by atoms with Crippen LogP contribution in [0.25, 0.3) is 0 Å². The lowest BCUT2D eigenvalue weighted by Crippen LogP contribution is -2.22. The number of benzene rings is 1. The van der Waals surface area contributed by atoms with Crippen LogP contribution in [0.5, 0.6) is 0 Å². The van der Waals surface area contributed by atoms with E-state index in [1.54, 1.807) is 19.9 Å². The Morgan fingerprint density at radius 1 is 1.24 bits per heavy atom. The molecule has 25 heavy (non-hydrogen) atoms. The largest absolute Gasteiger partial charge is 0.462 e. The van der Waals surface area contributed by atoms with Crippen LogP contribution in [0.3, 0.4) is 0 Å². The van der Waals surface area contributed by atoms with Crippen LogP contribution in [0.4, 0.5) is 5.00 Å². The highest BCUT2D eigenvalue weighted by molar-refractivity contribution is 7.92. The highest BCUT2D eigenvalue weighted by Crippen LogP contribution is 2.27. The van der Waals surface area contributed by atoms with E-state index in [2.05, 4.69) is 5.32 Å². The zero-order valence-corrected chi connectivity index (χ0v) is 15.9. The Hall–Kier alpha value is -1.90. The molecule has 0 aliphatic carbocycles. The van der Waals surface area contributed by atoms with Crippen LogP contribution in [0.2, 0.25) is 5.02 Å². The molecule has 1 aromatic carbocycles. The Morgan fingerprint density at radius 3 is 2.48 bits per heavy atom. The number of anilines is 1. The van der Waals surface area contributed by atoms with Crippen molar-refractivity contribution in [2.24, 2.45) is 0 Å². The number of carbonyl (C=O) groups excluding carboxylic acids is 2. The lowest BCUT2D eigenvalue weighted by molar-refractivity contribution is -0.113. The third kappa shape index (κ3) is 5.04. The summed E-state index contributed by atoms with van der Waals surface area (Å²) in [4.78, 5) is 24.2. The van der Waals surface area contributed by atoms with Crippen LogP contribution in [-0.2, 0) is 19.4 Å². The Bertz CT molecular complexity index is 888. The van der Waals surface area contributed by atoms with Gasteiger partial charge in [0.2, 0.25) is 5.91 Å². The van der Waals surface area contributed by atoms with E-state index < -0.39 is 27.5 Å². The molecule has 0 saturated carbocycles. The molecule has 0 fully saturated rings. The first-order valence-corrected chi connectivity index (χ1v) is 10.1. The van der Waals surface area contributed by atoms with E-state index in [4.69, 9.17) is 16.3 Å². The SMILES string of the molecule is CCOC(=O)c1sc(NC(=O)CS(=O)(=O)c2ccc(Cl)cc2)cc1C. The van der Waals surface area contributed by atoms with Gasteiger partial charge in [0.1, 0.15) is 10.6 Å². The number of hydrogen-bond acceptors (Lipinski definition) is 6. The number of rotatable bonds is 6. The van der Waals surface area contributed by atoms with Crippen molar-refractivity contribution < 1.29 is 22.7 Å². The number of ether oxygens (including phenoxy) is 1. The number of carbonyl (C=O) groups is 2. The zero-order valence-electron chi connectivity index (χ0n) is 13.5. The third-order valence-electron chi connectivity index (χ3n) is 3.14. The fourth-order valence-electron chi connectivity index (χ4n) is 2.01. The topological polar surface area (TPSA) is 89.5 Å². The molecule has 0 aliphatic heterocycles. The molecular formula is C16H16ClNO5S2. The number of esters is 1. The van der Waals surface area contributed by atoms with Crippen LogP contribution < -0.4 is 5.32 Å². The molecule has 0 bridgehead atoms. The average Bonchev–Trinajstić information content (AvgIpc) is 2.87. The van der Waals surface area contributed by atoms with Gasteiger partial charge in [-0.25, -0.2) is 13.2 Å². The molecule has 0 unspecified atom stereocenters. The molecule has 134 valence electrons. The van der Waals surface area contributed by atoms with Crippen molar-refractivity contribution in [2.75, 3.05) is 17.7 Å². The normalized spacial score (nSPS) is 11.2. The van der Waals surface area contributed by atoms with Gasteiger partial charge in [-0.1, -0.05) is 11.6 Å².